The van der Waals surface area contributed by atoms with E-state index in [1.165, 1.54) is 23.2 Å². The molecule has 5 N–H and O–H groups in total. The third-order valence-electron chi connectivity index (χ3n) is 7.11. The molecule has 0 bridgehead atoms. The summed E-state index contributed by atoms with van der Waals surface area (Å²) < 4.78 is 11.5. The van der Waals surface area contributed by atoms with E-state index in [2.05, 4.69) is 20.4 Å². The smallest absolute Gasteiger partial charge is 0.354 e. The molecule has 0 amide bonds. The molecule has 0 aliphatic heterocycles. The van der Waals surface area contributed by atoms with Crippen molar-refractivity contribution in [3.05, 3.63) is 94.8 Å². The maximum absolute atomic E-state index is 12.0. The van der Waals surface area contributed by atoms with Crippen LogP contribution in [0.25, 0.3) is 0 Å². The number of carboxylic acid groups (broad SMARTS) is 3. The molecule has 52 heavy (non-hydrogen) atoms. The Balaban J connectivity index is 1.68. The van der Waals surface area contributed by atoms with E-state index >= 15 is 0 Å². The highest BCUT2D eigenvalue weighted by atomic mass is 32.2. The first-order valence-corrected chi connectivity index (χ1v) is 16.6. The van der Waals surface area contributed by atoms with Gasteiger partial charge < -0.3 is 34.9 Å². The number of benzene rings is 1. The van der Waals surface area contributed by atoms with Crippen LogP contribution in [0.4, 0.5) is 0 Å². The third-order valence-corrected chi connectivity index (χ3v) is 7.71. The van der Waals surface area contributed by atoms with Crippen LogP contribution >= 0.6 is 11.8 Å². The summed E-state index contributed by atoms with van der Waals surface area (Å²) in [4.78, 5) is 57.9. The Morgan fingerprint density at radius 2 is 1.65 bits per heavy atom. The van der Waals surface area contributed by atoms with Gasteiger partial charge in [-0.25, -0.2) is 25.1 Å². The Morgan fingerprint density at radius 3 is 2.31 bits per heavy atom. The van der Waals surface area contributed by atoms with Crippen LogP contribution in [0.2, 0.25) is 0 Å². The highest BCUT2D eigenvalue weighted by Gasteiger charge is 2.16. The van der Waals surface area contributed by atoms with Crippen molar-refractivity contribution in [1.29, 1.82) is 10.8 Å². The monoisotopic (exact) mass is 734 g/mol. The minimum absolute atomic E-state index is 0.0625. The molecule has 0 spiro atoms. The van der Waals surface area contributed by atoms with Gasteiger partial charge in [-0.1, -0.05) is 18.2 Å². The van der Waals surface area contributed by atoms with Gasteiger partial charge in [-0.15, -0.1) is 0 Å². The van der Waals surface area contributed by atoms with Gasteiger partial charge in [0, 0.05) is 56.0 Å². The van der Waals surface area contributed by atoms with Crippen molar-refractivity contribution in [3.8, 4) is 11.2 Å². The quantitative estimate of drug-likeness (QED) is 0.0276. The molecule has 3 aromatic rings. The first kappa shape index (κ1) is 40.7. The van der Waals surface area contributed by atoms with Crippen LogP contribution in [0.5, 0.6) is 5.75 Å². The van der Waals surface area contributed by atoms with Gasteiger partial charge in [-0.3, -0.25) is 14.6 Å². The fourth-order valence-electron chi connectivity index (χ4n) is 4.66. The first-order valence-electron chi connectivity index (χ1n) is 15.8. The van der Waals surface area contributed by atoms with E-state index in [4.69, 9.17) is 25.4 Å². The average Bonchev–Trinajstić information content (AvgIpc) is 3.11. The van der Waals surface area contributed by atoms with Crippen LogP contribution < -0.4 is 10.1 Å². The third kappa shape index (κ3) is 15.0. The van der Waals surface area contributed by atoms with Gasteiger partial charge in [0.25, 0.3) is 0 Å². The van der Waals surface area contributed by atoms with Gasteiger partial charge >= 0.3 is 17.9 Å². The zero-order valence-corrected chi connectivity index (χ0v) is 28.8. The van der Waals surface area contributed by atoms with Crippen LogP contribution in [0.15, 0.2) is 76.5 Å². The van der Waals surface area contributed by atoms with Crippen LogP contribution in [0, 0.1) is 16.2 Å². The highest BCUT2D eigenvalue weighted by Crippen LogP contribution is 2.19. The summed E-state index contributed by atoms with van der Waals surface area (Å²) in [7, 11) is 0. The summed E-state index contributed by atoms with van der Waals surface area (Å²) >= 11 is 1.08. The number of nitrogens with one attached hydrogen (secondary N) is 2. The molecule has 0 radical (unpaired) electrons. The number of nitrogens with zero attached hydrogens (tertiary/aromatic N) is 6. The number of aliphatic carboxylic acids is 1. The molecule has 274 valence electrons. The van der Waals surface area contributed by atoms with Crippen LogP contribution in [-0.4, -0.2) is 112 Å². The number of carbonyl (C=O) groups excluding carboxylic acids is 1. The number of hydrogen-bond donors (Lipinski definition) is 5. The Morgan fingerprint density at radius 1 is 0.962 bits per heavy atom. The van der Waals surface area contributed by atoms with Crippen molar-refractivity contribution in [3.63, 3.8) is 0 Å². The van der Waals surface area contributed by atoms with E-state index in [1.54, 1.807) is 18.2 Å². The minimum Gasteiger partial charge on any atom is -0.487 e. The summed E-state index contributed by atoms with van der Waals surface area (Å²) in [6, 6.07) is 15.0. The molecule has 1 aromatic carbocycles. The number of ether oxygens (including phenoxy) is 2. The van der Waals surface area contributed by atoms with Crippen molar-refractivity contribution in [2.24, 2.45) is 5.11 Å². The lowest BCUT2D eigenvalue weighted by Gasteiger charge is -2.23. The second-order valence-electron chi connectivity index (χ2n) is 11.0. The molecule has 2 aromatic heterocycles. The first-order chi connectivity index (χ1) is 25.1. The van der Waals surface area contributed by atoms with E-state index in [-0.39, 0.29) is 81.9 Å². The fourth-order valence-corrected chi connectivity index (χ4v) is 5.04. The number of thioether (sulfide) groups is 1. The Hall–Kier alpha value is -5.74. The number of carboxylic acids is 3. The molecule has 0 aliphatic rings. The van der Waals surface area contributed by atoms with Crippen molar-refractivity contribution in [2.75, 3.05) is 52.5 Å². The number of aromatic nitrogens is 2. The number of thiocyanates is 1. The summed E-state index contributed by atoms with van der Waals surface area (Å²) in [5.74, 6) is -3.39. The van der Waals surface area contributed by atoms with E-state index in [9.17, 15) is 29.4 Å². The van der Waals surface area contributed by atoms with Crippen molar-refractivity contribution < 1.29 is 44.0 Å². The van der Waals surface area contributed by atoms with Crippen molar-refractivity contribution in [1.82, 2.24) is 25.1 Å². The summed E-state index contributed by atoms with van der Waals surface area (Å²) in [6.45, 7) is 0.986. The number of rotatable bonds is 25. The second-order valence-corrected chi connectivity index (χ2v) is 11.9. The normalized spacial score (nSPS) is 11.2. The predicted octanol–water partition coefficient (Wildman–Crippen LogP) is 3.13. The Bertz CT molecular complexity index is 1750. The molecule has 0 unspecified atom stereocenters. The molecule has 3 rings (SSSR count). The van der Waals surface area contributed by atoms with Gasteiger partial charge in [0.05, 0.1) is 37.7 Å². The maximum Gasteiger partial charge on any atom is 0.354 e. The zero-order valence-electron chi connectivity index (χ0n) is 28.0. The molecule has 17 nitrogen and oxygen atoms in total. The van der Waals surface area contributed by atoms with Crippen molar-refractivity contribution in [2.45, 2.75) is 24.4 Å². The van der Waals surface area contributed by atoms with E-state index < -0.39 is 17.9 Å². The molecular formula is C34H38N8O9S. The Kier molecular flexibility index (Phi) is 17.3. The largest absolute Gasteiger partial charge is 0.487 e. The molecule has 0 fully saturated rings. The molecule has 18 heteroatoms. The van der Waals surface area contributed by atoms with Gasteiger partial charge in [-0.05, 0) is 48.0 Å². The summed E-state index contributed by atoms with van der Waals surface area (Å²) in [5, 5.41) is 45.6. The number of nitriles is 1. The van der Waals surface area contributed by atoms with Crippen LogP contribution in [0.3, 0.4) is 0 Å². The minimum atomic E-state index is -1.29. The van der Waals surface area contributed by atoms with E-state index in [0.717, 1.165) is 22.2 Å². The molecule has 0 atom stereocenters. The second kappa shape index (κ2) is 22.2. The van der Waals surface area contributed by atoms with Gasteiger partial charge in [0.15, 0.2) is 5.69 Å². The Labute approximate surface area is 303 Å². The average molecular weight is 735 g/mol. The van der Waals surface area contributed by atoms with Crippen LogP contribution in [0.1, 0.15) is 37.9 Å². The molecule has 0 saturated heterocycles. The summed E-state index contributed by atoms with van der Waals surface area (Å²) in [6.07, 6.45) is 2.82. The SMILES string of the molecule is N#CSc1ccc(CCN/C=C(/COc2cc(CN(CCOCCN(CC=O)CC(=O)O)Cc3cccc(C(=O)O)n3)nc(C(=O)O)c2)N=N)cc1. The number of aromatic carboxylic acids is 2. The fraction of sp³-hybridized carbons (Fsp3) is 0.324. The lowest BCUT2D eigenvalue weighted by atomic mass is 10.1. The standard InChI is InChI=1S/C34H38N8O9S/c35-23-52-29-6-4-24(5-7-29)8-9-37-18-27(40-36)22-51-28-16-26(39-31(17-28)34(48)49)20-42(19-25-2-1-3-30(38-25)33(46)47)12-15-50-14-11-41(10-13-43)21-32(44)45/h1-7,13,16-18,36-37H,8-12,14-15,19-22H2,(H,44,45)(H,46,47)(H,48,49)/b27-18-,40-36?. The highest BCUT2D eigenvalue weighted by molar-refractivity contribution is 8.03. The molecular weight excluding hydrogens is 696 g/mol. The molecule has 0 saturated carbocycles. The van der Waals surface area contributed by atoms with Crippen LogP contribution in [-0.2, 0) is 33.8 Å². The summed E-state index contributed by atoms with van der Waals surface area (Å²) in [5.41, 5.74) is 9.16. The van der Waals surface area contributed by atoms with Gasteiger partial charge in [-0.2, -0.15) is 10.4 Å². The number of hydrogen-bond acceptors (Lipinski definition) is 15. The number of carbonyl (C=O) groups is 4. The van der Waals surface area contributed by atoms with E-state index in [1.807, 2.05) is 34.6 Å². The number of pyridine rings is 2. The topological polar surface area (TPSA) is 252 Å². The number of aldehydes is 1. The zero-order chi connectivity index (χ0) is 37.7. The maximum atomic E-state index is 12.0. The lowest BCUT2D eigenvalue weighted by Crippen LogP contribution is -2.35. The molecule has 2 heterocycles. The molecule has 0 aliphatic carbocycles. The lowest BCUT2D eigenvalue weighted by molar-refractivity contribution is -0.138. The van der Waals surface area contributed by atoms with E-state index in [0.29, 0.717) is 30.6 Å². The van der Waals surface area contributed by atoms with Crippen molar-refractivity contribution >= 4 is 36.0 Å². The van der Waals surface area contributed by atoms with Gasteiger partial charge in [0.1, 0.15) is 35.4 Å². The van der Waals surface area contributed by atoms with Gasteiger partial charge in [0.2, 0.25) is 0 Å². The predicted molar refractivity (Wildman–Crippen MR) is 186 cm³/mol.